The SMILES string of the molecule is CCOCC(C)OC(=O)[C@H](N)CO. The summed E-state index contributed by atoms with van der Waals surface area (Å²) in [5, 5.41) is 8.54. The number of aliphatic hydroxyl groups is 1. The second-order valence-corrected chi connectivity index (χ2v) is 2.70. The third-order valence-electron chi connectivity index (χ3n) is 1.37. The molecule has 0 aromatic heterocycles. The molecule has 0 aliphatic carbocycles. The summed E-state index contributed by atoms with van der Waals surface area (Å²) >= 11 is 0. The molecule has 3 N–H and O–H groups in total. The van der Waals surface area contributed by atoms with Crippen LogP contribution in [-0.2, 0) is 14.3 Å². The molecular weight excluding hydrogens is 174 g/mol. The maximum absolute atomic E-state index is 11.0. The van der Waals surface area contributed by atoms with E-state index in [0.29, 0.717) is 13.2 Å². The van der Waals surface area contributed by atoms with Crippen molar-refractivity contribution in [1.29, 1.82) is 0 Å². The van der Waals surface area contributed by atoms with Crippen molar-refractivity contribution < 1.29 is 19.4 Å². The Kier molecular flexibility index (Phi) is 6.48. The molecule has 0 heterocycles. The van der Waals surface area contributed by atoms with Crippen LogP contribution in [0.15, 0.2) is 0 Å². The number of hydrogen-bond donors (Lipinski definition) is 2. The Balaban J connectivity index is 3.64. The first-order chi connectivity index (χ1) is 6.11. The summed E-state index contributed by atoms with van der Waals surface area (Å²) in [7, 11) is 0. The number of carbonyl (C=O) groups is 1. The van der Waals surface area contributed by atoms with Crippen molar-refractivity contribution in [3.05, 3.63) is 0 Å². The van der Waals surface area contributed by atoms with Gasteiger partial charge in [-0.1, -0.05) is 0 Å². The fourth-order valence-electron chi connectivity index (χ4n) is 0.678. The zero-order chi connectivity index (χ0) is 10.3. The summed E-state index contributed by atoms with van der Waals surface area (Å²) in [6, 6.07) is -0.955. The van der Waals surface area contributed by atoms with E-state index in [2.05, 4.69) is 0 Å². The first-order valence-electron chi connectivity index (χ1n) is 4.26. The Bertz CT molecular complexity index is 151. The van der Waals surface area contributed by atoms with Gasteiger partial charge in [0.15, 0.2) is 0 Å². The molecule has 1 unspecified atom stereocenters. The van der Waals surface area contributed by atoms with Crippen LogP contribution in [0.2, 0.25) is 0 Å². The summed E-state index contributed by atoms with van der Waals surface area (Å²) in [5.41, 5.74) is 5.23. The van der Waals surface area contributed by atoms with Gasteiger partial charge in [0.25, 0.3) is 0 Å². The molecule has 0 saturated heterocycles. The maximum Gasteiger partial charge on any atom is 0.325 e. The van der Waals surface area contributed by atoms with E-state index >= 15 is 0 Å². The molecule has 0 aliphatic rings. The summed E-state index contributed by atoms with van der Waals surface area (Å²) < 4.78 is 9.89. The molecular formula is C8H17NO4. The van der Waals surface area contributed by atoms with Gasteiger partial charge in [0, 0.05) is 6.61 Å². The molecule has 0 bridgehead atoms. The van der Waals surface area contributed by atoms with E-state index in [4.69, 9.17) is 20.3 Å². The van der Waals surface area contributed by atoms with Crippen molar-refractivity contribution in [2.24, 2.45) is 5.73 Å². The van der Waals surface area contributed by atoms with Crippen molar-refractivity contribution in [3.63, 3.8) is 0 Å². The van der Waals surface area contributed by atoms with Crippen LogP contribution in [0, 0.1) is 0 Å². The molecule has 0 rings (SSSR count). The molecule has 0 radical (unpaired) electrons. The predicted molar refractivity (Wildman–Crippen MR) is 47.1 cm³/mol. The Morgan fingerprint density at radius 2 is 2.23 bits per heavy atom. The van der Waals surface area contributed by atoms with Crippen LogP contribution in [0.4, 0.5) is 0 Å². The topological polar surface area (TPSA) is 81.8 Å². The van der Waals surface area contributed by atoms with E-state index in [-0.39, 0.29) is 6.10 Å². The van der Waals surface area contributed by atoms with Gasteiger partial charge in [0.2, 0.25) is 0 Å². The van der Waals surface area contributed by atoms with Crippen LogP contribution in [-0.4, -0.2) is 43.0 Å². The minimum Gasteiger partial charge on any atom is -0.459 e. The highest BCUT2D eigenvalue weighted by atomic mass is 16.6. The fraction of sp³-hybridized carbons (Fsp3) is 0.875. The highest BCUT2D eigenvalue weighted by molar-refractivity contribution is 5.75. The molecule has 0 amide bonds. The molecule has 0 saturated carbocycles. The highest BCUT2D eigenvalue weighted by Gasteiger charge is 2.16. The second kappa shape index (κ2) is 6.82. The first-order valence-corrected chi connectivity index (χ1v) is 4.26. The standard InChI is InChI=1S/C8H17NO4/c1-3-12-5-6(2)13-8(11)7(9)4-10/h6-7,10H,3-5,9H2,1-2H3/t6?,7-/m1/s1. The third kappa shape index (κ3) is 5.57. The summed E-state index contributed by atoms with van der Waals surface area (Å²) in [5.74, 6) is -0.602. The van der Waals surface area contributed by atoms with E-state index in [1.165, 1.54) is 0 Å². The van der Waals surface area contributed by atoms with Gasteiger partial charge in [0.05, 0.1) is 13.2 Å². The maximum atomic E-state index is 11.0. The third-order valence-corrected chi connectivity index (χ3v) is 1.37. The molecule has 5 heteroatoms. The van der Waals surface area contributed by atoms with Gasteiger partial charge in [-0.25, -0.2) is 0 Å². The second-order valence-electron chi connectivity index (χ2n) is 2.70. The van der Waals surface area contributed by atoms with Gasteiger partial charge in [-0.15, -0.1) is 0 Å². The Morgan fingerprint density at radius 3 is 2.69 bits per heavy atom. The summed E-state index contributed by atoms with van der Waals surface area (Å²) in [4.78, 5) is 11.0. The number of nitrogens with two attached hydrogens (primary N) is 1. The highest BCUT2D eigenvalue weighted by Crippen LogP contribution is 1.94. The molecule has 5 nitrogen and oxygen atoms in total. The van der Waals surface area contributed by atoms with Gasteiger partial charge >= 0.3 is 5.97 Å². The number of aliphatic hydroxyl groups excluding tert-OH is 1. The van der Waals surface area contributed by atoms with E-state index in [0.717, 1.165) is 0 Å². The van der Waals surface area contributed by atoms with Crippen LogP contribution in [0.25, 0.3) is 0 Å². The van der Waals surface area contributed by atoms with Gasteiger partial charge in [-0.05, 0) is 13.8 Å². The zero-order valence-corrected chi connectivity index (χ0v) is 8.03. The fourth-order valence-corrected chi connectivity index (χ4v) is 0.678. The Labute approximate surface area is 77.8 Å². The summed E-state index contributed by atoms with van der Waals surface area (Å²) in [6.45, 7) is 4.08. The molecule has 0 aliphatic heterocycles. The number of ether oxygens (including phenoxy) is 2. The van der Waals surface area contributed by atoms with E-state index in [9.17, 15) is 4.79 Å². The van der Waals surface area contributed by atoms with Gasteiger partial charge < -0.3 is 20.3 Å². The lowest BCUT2D eigenvalue weighted by Gasteiger charge is -2.15. The van der Waals surface area contributed by atoms with E-state index < -0.39 is 18.6 Å². The minimum atomic E-state index is -0.955. The van der Waals surface area contributed by atoms with Crippen LogP contribution < -0.4 is 5.73 Å². The molecule has 0 aromatic rings. The number of esters is 1. The summed E-state index contributed by atoms with van der Waals surface area (Å²) in [6.07, 6.45) is -0.329. The van der Waals surface area contributed by atoms with Crippen LogP contribution in [0.1, 0.15) is 13.8 Å². The predicted octanol–water partition coefficient (Wildman–Crippen LogP) is -0.726. The average Bonchev–Trinajstić information content (AvgIpc) is 2.13. The van der Waals surface area contributed by atoms with Gasteiger partial charge in [0.1, 0.15) is 12.1 Å². The lowest BCUT2D eigenvalue weighted by molar-refractivity contribution is -0.153. The van der Waals surface area contributed by atoms with Crippen molar-refractivity contribution in [2.75, 3.05) is 19.8 Å². The van der Waals surface area contributed by atoms with Gasteiger partial charge in [-0.2, -0.15) is 0 Å². The largest absolute Gasteiger partial charge is 0.459 e. The minimum absolute atomic E-state index is 0.329. The lowest BCUT2D eigenvalue weighted by Crippen LogP contribution is -2.38. The Hall–Kier alpha value is -0.650. The lowest BCUT2D eigenvalue weighted by atomic mass is 10.3. The Morgan fingerprint density at radius 1 is 1.62 bits per heavy atom. The average molecular weight is 191 g/mol. The quantitative estimate of drug-likeness (QED) is 0.541. The number of hydrogen-bond acceptors (Lipinski definition) is 5. The molecule has 78 valence electrons. The van der Waals surface area contributed by atoms with Crippen molar-refractivity contribution in [2.45, 2.75) is 26.0 Å². The molecule has 13 heavy (non-hydrogen) atoms. The molecule has 0 aromatic carbocycles. The van der Waals surface area contributed by atoms with Gasteiger partial charge in [-0.3, -0.25) is 4.79 Å². The molecule has 0 spiro atoms. The first kappa shape index (κ1) is 12.3. The van der Waals surface area contributed by atoms with Crippen molar-refractivity contribution >= 4 is 5.97 Å². The molecule has 0 fully saturated rings. The van der Waals surface area contributed by atoms with Crippen LogP contribution >= 0.6 is 0 Å². The van der Waals surface area contributed by atoms with Crippen molar-refractivity contribution in [1.82, 2.24) is 0 Å². The van der Waals surface area contributed by atoms with Crippen molar-refractivity contribution in [3.8, 4) is 0 Å². The van der Waals surface area contributed by atoms with E-state index in [1.807, 2.05) is 6.92 Å². The number of carbonyl (C=O) groups excluding carboxylic acids is 1. The zero-order valence-electron chi connectivity index (χ0n) is 8.03. The normalized spacial score (nSPS) is 15.1. The monoisotopic (exact) mass is 191 g/mol. The van der Waals surface area contributed by atoms with Crippen LogP contribution in [0.3, 0.4) is 0 Å². The molecule has 2 atom stereocenters. The number of rotatable bonds is 6. The van der Waals surface area contributed by atoms with Crippen LogP contribution in [0.5, 0.6) is 0 Å². The smallest absolute Gasteiger partial charge is 0.325 e. The van der Waals surface area contributed by atoms with E-state index in [1.54, 1.807) is 6.92 Å².